The Bertz CT molecular complexity index is 666. The summed E-state index contributed by atoms with van der Waals surface area (Å²) in [4.78, 5) is 11.9. The van der Waals surface area contributed by atoms with Crippen LogP contribution in [0.1, 0.15) is 23.4 Å². The molecule has 0 spiro atoms. The van der Waals surface area contributed by atoms with Crippen molar-refractivity contribution in [2.45, 2.75) is 31.5 Å². The number of hydrogen-bond donors (Lipinski definition) is 0. The number of likely N-dealkylation sites (tertiary alicyclic amines) is 1. The maximum atomic E-state index is 12.7. The molecule has 0 atom stereocenters. The van der Waals surface area contributed by atoms with Gasteiger partial charge < -0.3 is 9.80 Å². The number of piperidine rings is 1. The minimum Gasteiger partial charge on any atom is -0.348 e. The first-order chi connectivity index (χ1) is 11.9. The zero-order chi connectivity index (χ0) is 17.9. The quantitative estimate of drug-likeness (QED) is 0.803. The second kappa shape index (κ2) is 7.70. The molecule has 2 aromatic rings. The van der Waals surface area contributed by atoms with Crippen LogP contribution in [0.15, 0.2) is 30.6 Å². The molecule has 0 aromatic carbocycles. The first-order valence-corrected chi connectivity index (χ1v) is 9.13. The van der Waals surface area contributed by atoms with Crippen molar-refractivity contribution >= 4 is 16.5 Å². The second-order valence-electron chi connectivity index (χ2n) is 6.26. The Labute approximate surface area is 149 Å². The topological polar surface area (TPSA) is 32.3 Å². The fourth-order valence-corrected chi connectivity index (χ4v) is 3.88. The lowest BCUT2D eigenvalue weighted by molar-refractivity contribution is -0.134. The summed E-state index contributed by atoms with van der Waals surface area (Å²) in [5.41, 5.74) is 1.09. The van der Waals surface area contributed by atoms with Crippen LogP contribution in [0.4, 0.5) is 18.3 Å². The van der Waals surface area contributed by atoms with Gasteiger partial charge in [0.1, 0.15) is 4.88 Å². The number of thiazole rings is 1. The number of anilines is 1. The smallest absolute Gasteiger partial charge is 0.348 e. The van der Waals surface area contributed by atoms with Crippen molar-refractivity contribution in [1.29, 1.82) is 0 Å². The van der Waals surface area contributed by atoms with Crippen molar-refractivity contribution in [3.8, 4) is 0 Å². The Morgan fingerprint density at radius 3 is 2.60 bits per heavy atom. The van der Waals surface area contributed by atoms with Gasteiger partial charge in [0.2, 0.25) is 0 Å². The van der Waals surface area contributed by atoms with E-state index in [1.54, 1.807) is 6.20 Å². The molecule has 136 valence electrons. The third-order valence-electron chi connectivity index (χ3n) is 4.59. The molecule has 1 saturated heterocycles. The predicted molar refractivity (Wildman–Crippen MR) is 92.9 cm³/mol. The first kappa shape index (κ1) is 18.1. The number of aromatic nitrogens is 2. The van der Waals surface area contributed by atoms with Gasteiger partial charge in [-0.2, -0.15) is 13.2 Å². The van der Waals surface area contributed by atoms with E-state index < -0.39 is 11.1 Å². The molecule has 0 N–H and O–H groups in total. The number of hydrogen-bond acceptors (Lipinski definition) is 5. The van der Waals surface area contributed by atoms with Crippen LogP contribution in [0, 0.1) is 0 Å². The third-order valence-corrected chi connectivity index (χ3v) is 5.72. The van der Waals surface area contributed by atoms with Crippen LogP contribution in [0.3, 0.4) is 0 Å². The van der Waals surface area contributed by atoms with E-state index in [1.165, 1.54) is 0 Å². The monoisotopic (exact) mass is 370 g/mol. The SMILES string of the molecule is CN(c1ncc(C(F)(F)F)s1)C1CCN(CCc2ccccn2)CC1. The summed E-state index contributed by atoms with van der Waals surface area (Å²) in [6.07, 6.45) is 1.20. The molecule has 25 heavy (non-hydrogen) atoms. The number of nitrogens with zero attached hydrogens (tertiary/aromatic N) is 4. The molecule has 0 amide bonds. The molecule has 0 bridgehead atoms. The average Bonchev–Trinajstić information content (AvgIpc) is 3.11. The summed E-state index contributed by atoms with van der Waals surface area (Å²) in [6, 6.07) is 6.17. The molecule has 0 unspecified atom stereocenters. The highest BCUT2D eigenvalue weighted by Gasteiger charge is 2.34. The van der Waals surface area contributed by atoms with Crippen LogP contribution < -0.4 is 4.90 Å². The van der Waals surface area contributed by atoms with Gasteiger partial charge in [-0.3, -0.25) is 4.98 Å². The van der Waals surface area contributed by atoms with Crippen molar-refractivity contribution < 1.29 is 13.2 Å². The van der Waals surface area contributed by atoms with Crippen LogP contribution >= 0.6 is 11.3 Å². The minimum atomic E-state index is -4.31. The zero-order valence-electron chi connectivity index (χ0n) is 14.0. The standard InChI is InChI=1S/C17H21F3N4S/c1-23(16-22-12-15(25-16)17(18,19)20)14-6-10-24(11-7-14)9-5-13-4-2-3-8-21-13/h2-4,8,12,14H,5-7,9-11H2,1H3. The molecule has 0 saturated carbocycles. The molecular formula is C17H21F3N4S. The highest BCUT2D eigenvalue weighted by Crippen LogP contribution is 2.37. The Kier molecular flexibility index (Phi) is 5.58. The molecule has 3 heterocycles. The van der Waals surface area contributed by atoms with Crippen molar-refractivity contribution in [1.82, 2.24) is 14.9 Å². The Balaban J connectivity index is 1.49. The van der Waals surface area contributed by atoms with Gasteiger partial charge in [0.25, 0.3) is 0 Å². The lowest BCUT2D eigenvalue weighted by Gasteiger charge is -2.36. The molecule has 0 aliphatic carbocycles. The summed E-state index contributed by atoms with van der Waals surface area (Å²) in [5, 5.41) is 0.444. The van der Waals surface area contributed by atoms with Crippen LogP contribution in [0.25, 0.3) is 0 Å². The molecule has 1 aliphatic rings. The average molecular weight is 370 g/mol. The largest absolute Gasteiger partial charge is 0.427 e. The highest BCUT2D eigenvalue weighted by atomic mass is 32.1. The van der Waals surface area contributed by atoms with Crippen LogP contribution in [0.2, 0.25) is 0 Å². The van der Waals surface area contributed by atoms with Crippen LogP contribution in [-0.4, -0.2) is 47.6 Å². The van der Waals surface area contributed by atoms with Crippen LogP contribution in [0.5, 0.6) is 0 Å². The Hall–Kier alpha value is -1.67. The fourth-order valence-electron chi connectivity index (χ4n) is 3.06. The number of rotatable bonds is 5. The normalized spacial score (nSPS) is 17.0. The third kappa shape index (κ3) is 4.70. The van der Waals surface area contributed by atoms with Gasteiger partial charge in [-0.25, -0.2) is 4.98 Å². The van der Waals surface area contributed by atoms with Gasteiger partial charge in [0.05, 0.1) is 6.20 Å². The highest BCUT2D eigenvalue weighted by molar-refractivity contribution is 7.15. The molecule has 1 aliphatic heterocycles. The van der Waals surface area contributed by atoms with Gasteiger partial charge in [0.15, 0.2) is 5.13 Å². The lowest BCUT2D eigenvalue weighted by atomic mass is 10.0. The second-order valence-corrected chi connectivity index (χ2v) is 7.27. The van der Waals surface area contributed by atoms with Gasteiger partial charge in [-0.15, -0.1) is 0 Å². The first-order valence-electron chi connectivity index (χ1n) is 8.31. The van der Waals surface area contributed by atoms with E-state index in [2.05, 4.69) is 14.9 Å². The summed E-state index contributed by atoms with van der Waals surface area (Å²) < 4.78 is 38.2. The van der Waals surface area contributed by atoms with Gasteiger partial charge in [-0.05, 0) is 25.0 Å². The lowest BCUT2D eigenvalue weighted by Crippen LogP contribution is -2.44. The van der Waals surface area contributed by atoms with Crippen LogP contribution in [-0.2, 0) is 12.6 Å². The van der Waals surface area contributed by atoms with E-state index >= 15 is 0 Å². The van der Waals surface area contributed by atoms with Gasteiger partial charge >= 0.3 is 6.18 Å². The molecule has 1 fully saturated rings. The molecule has 3 rings (SSSR count). The van der Waals surface area contributed by atoms with E-state index in [-0.39, 0.29) is 6.04 Å². The predicted octanol–water partition coefficient (Wildman–Crippen LogP) is 3.70. The maximum Gasteiger partial charge on any atom is 0.427 e. The summed E-state index contributed by atoms with van der Waals surface area (Å²) in [6.45, 7) is 2.85. The molecule has 8 heteroatoms. The van der Waals surface area contributed by atoms with E-state index in [4.69, 9.17) is 0 Å². The van der Waals surface area contributed by atoms with E-state index in [0.717, 1.165) is 62.1 Å². The van der Waals surface area contributed by atoms with Gasteiger partial charge in [-0.1, -0.05) is 17.4 Å². The number of alkyl halides is 3. The van der Waals surface area contributed by atoms with Crippen molar-refractivity contribution in [3.63, 3.8) is 0 Å². The zero-order valence-corrected chi connectivity index (χ0v) is 14.9. The van der Waals surface area contributed by atoms with E-state index in [1.807, 2.05) is 30.1 Å². The fraction of sp³-hybridized carbons (Fsp3) is 0.529. The van der Waals surface area contributed by atoms with Crippen molar-refractivity contribution in [2.24, 2.45) is 0 Å². The Morgan fingerprint density at radius 1 is 1.24 bits per heavy atom. The summed E-state index contributed by atoms with van der Waals surface area (Å²) in [5.74, 6) is 0. The minimum absolute atomic E-state index is 0.235. The Morgan fingerprint density at radius 2 is 2.00 bits per heavy atom. The molecule has 0 radical (unpaired) electrons. The van der Waals surface area contributed by atoms with Crippen molar-refractivity contribution in [2.75, 3.05) is 31.6 Å². The molecular weight excluding hydrogens is 349 g/mol. The summed E-state index contributed by atoms with van der Waals surface area (Å²) >= 11 is 0.718. The number of pyridine rings is 1. The van der Waals surface area contributed by atoms with Crippen molar-refractivity contribution in [3.05, 3.63) is 41.2 Å². The number of halogens is 3. The molecule has 2 aromatic heterocycles. The summed E-state index contributed by atoms with van der Waals surface area (Å²) in [7, 11) is 1.84. The molecule has 4 nitrogen and oxygen atoms in total. The maximum absolute atomic E-state index is 12.7. The van der Waals surface area contributed by atoms with E-state index in [9.17, 15) is 13.2 Å². The van der Waals surface area contributed by atoms with Gasteiger partial charge in [0, 0.05) is 51.0 Å². The van der Waals surface area contributed by atoms with E-state index in [0.29, 0.717) is 5.13 Å².